The Balaban J connectivity index is 1.82. The summed E-state index contributed by atoms with van der Waals surface area (Å²) in [6.45, 7) is -0.840. The van der Waals surface area contributed by atoms with Gasteiger partial charge in [0.05, 0.1) is 11.3 Å². The number of amides is 4. The summed E-state index contributed by atoms with van der Waals surface area (Å²) in [7, 11) is 0. The fraction of sp³-hybridized carbons (Fsp3) is 0.500. The molecule has 8 N–H and O–H groups in total. The molecule has 0 bridgehead atoms. The van der Waals surface area contributed by atoms with Gasteiger partial charge in [-0.15, -0.1) is 0 Å². The second-order valence-electron chi connectivity index (χ2n) is 9.75. The van der Waals surface area contributed by atoms with Gasteiger partial charge in [0.1, 0.15) is 18.6 Å². The minimum absolute atomic E-state index is 0.130. The summed E-state index contributed by atoms with van der Waals surface area (Å²) < 4.78 is 72.7. The number of carboxylic acids is 2. The minimum Gasteiger partial charge on any atom is -0.480 e. The lowest BCUT2D eigenvalue weighted by Gasteiger charge is -2.45. The number of alkyl halides is 3. The smallest absolute Gasteiger partial charge is 0.423 e. The molecular formula is C24H26F5N5O8S. The number of ketones is 1. The fourth-order valence-electron chi connectivity index (χ4n) is 4.56. The fourth-order valence-corrected chi connectivity index (χ4v) is 6.03. The molecule has 0 spiro atoms. The molecule has 0 radical (unpaired) electrons. The van der Waals surface area contributed by atoms with Crippen LogP contribution in [0, 0.1) is 17.6 Å². The lowest BCUT2D eigenvalue weighted by Crippen LogP contribution is -2.67. The first-order valence-electron chi connectivity index (χ1n) is 12.6. The van der Waals surface area contributed by atoms with E-state index < -0.39 is 106 Å². The standard InChI is InChI=1S/C24H26F5N5O8S/c25-10-2-4-12-17(18(10)26)23(24(27,28)29,34-22(42)33-12)19(38)9-1-5-14(9)43-8-13(20(39)31-7-16(36)37)32-15(35)6-3-11(30)21(40)41/h2,4,9,11,13-14H,1,3,5-8,30H2,(H,31,39)(H,32,35)(H,36,37)(H,40,41)(H2,33,34,42)/t9?,11-,13-,14+,23+/m0/s1. The molecule has 1 saturated carbocycles. The molecule has 1 unspecified atom stereocenters. The van der Waals surface area contributed by atoms with E-state index in [2.05, 4.69) is 5.32 Å². The van der Waals surface area contributed by atoms with Crippen molar-refractivity contribution >= 4 is 53.0 Å². The SMILES string of the molecule is N[C@@H](CCC(=O)N[C@@H](CS[C@@H]1CCC1C(=O)[C@]1(C(F)(F)F)NC(=O)Nc2ccc(F)c(F)c21)C(=O)NCC(=O)O)C(=O)O. The Bertz CT molecular complexity index is 1330. The molecule has 1 aromatic rings. The van der Waals surface area contributed by atoms with Gasteiger partial charge in [-0.25, -0.2) is 13.6 Å². The number of nitrogens with one attached hydrogen (secondary N) is 4. The largest absolute Gasteiger partial charge is 0.480 e. The van der Waals surface area contributed by atoms with Crippen molar-refractivity contribution in [2.45, 2.75) is 54.7 Å². The zero-order chi connectivity index (χ0) is 32.3. The van der Waals surface area contributed by atoms with Crippen LogP contribution in [-0.4, -0.2) is 81.6 Å². The van der Waals surface area contributed by atoms with Crippen LogP contribution < -0.4 is 27.0 Å². The van der Waals surface area contributed by atoms with Crippen molar-refractivity contribution in [1.29, 1.82) is 0 Å². The van der Waals surface area contributed by atoms with Crippen molar-refractivity contribution < 1.29 is 60.9 Å². The summed E-state index contributed by atoms with van der Waals surface area (Å²) in [5.74, 6) is -11.8. The Morgan fingerprint density at radius 2 is 1.81 bits per heavy atom. The van der Waals surface area contributed by atoms with Gasteiger partial charge in [0.15, 0.2) is 17.4 Å². The van der Waals surface area contributed by atoms with Gasteiger partial charge >= 0.3 is 24.1 Å². The highest BCUT2D eigenvalue weighted by Crippen LogP contribution is 2.51. The third-order valence-corrected chi connectivity index (χ3v) is 8.42. The lowest BCUT2D eigenvalue weighted by atomic mass is 9.70. The van der Waals surface area contributed by atoms with Crippen molar-refractivity contribution in [2.75, 3.05) is 17.6 Å². The number of Topliss-reactive ketones (excluding diaryl/α,β-unsaturated/α-hetero) is 1. The number of anilines is 1. The third kappa shape index (κ3) is 7.15. The maximum Gasteiger partial charge on any atom is 0.423 e. The zero-order valence-corrected chi connectivity index (χ0v) is 22.7. The molecule has 236 valence electrons. The second-order valence-corrected chi connectivity index (χ2v) is 11.0. The monoisotopic (exact) mass is 639 g/mol. The number of benzene rings is 1. The number of rotatable bonds is 13. The van der Waals surface area contributed by atoms with E-state index in [-0.39, 0.29) is 25.0 Å². The zero-order valence-electron chi connectivity index (χ0n) is 21.9. The highest BCUT2D eigenvalue weighted by molar-refractivity contribution is 8.00. The number of hydrogen-bond acceptors (Lipinski definition) is 8. The number of urea groups is 1. The van der Waals surface area contributed by atoms with Crippen LogP contribution in [0.1, 0.15) is 31.2 Å². The predicted molar refractivity (Wildman–Crippen MR) is 138 cm³/mol. The second kappa shape index (κ2) is 13.1. The number of aliphatic carboxylic acids is 2. The van der Waals surface area contributed by atoms with Crippen LogP contribution in [-0.2, 0) is 29.5 Å². The van der Waals surface area contributed by atoms with Crippen LogP contribution in [0.25, 0.3) is 0 Å². The van der Waals surface area contributed by atoms with Crippen molar-refractivity contribution in [2.24, 2.45) is 11.7 Å². The maximum atomic E-state index is 14.8. The minimum atomic E-state index is -5.61. The molecule has 0 saturated heterocycles. The average molecular weight is 640 g/mol. The number of thioether (sulfide) groups is 1. The first kappa shape index (κ1) is 33.5. The first-order chi connectivity index (χ1) is 20.0. The molecule has 1 aliphatic carbocycles. The molecule has 5 atom stereocenters. The quantitative estimate of drug-likeness (QED) is 0.151. The van der Waals surface area contributed by atoms with Crippen LogP contribution in [0.4, 0.5) is 32.4 Å². The van der Waals surface area contributed by atoms with Crippen molar-refractivity contribution in [3.63, 3.8) is 0 Å². The van der Waals surface area contributed by atoms with Gasteiger partial charge in [0, 0.05) is 23.3 Å². The summed E-state index contributed by atoms with van der Waals surface area (Å²) in [6, 6.07) is -3.14. The number of hydrogen-bond donors (Lipinski definition) is 7. The van der Waals surface area contributed by atoms with Crippen molar-refractivity contribution in [1.82, 2.24) is 16.0 Å². The van der Waals surface area contributed by atoms with Crippen LogP contribution in [0.2, 0.25) is 0 Å². The summed E-state index contributed by atoms with van der Waals surface area (Å²) >= 11 is 0.778. The van der Waals surface area contributed by atoms with Crippen molar-refractivity contribution in [3.8, 4) is 0 Å². The van der Waals surface area contributed by atoms with Gasteiger partial charge in [0.25, 0.3) is 0 Å². The number of halogens is 5. The highest BCUT2D eigenvalue weighted by Gasteiger charge is 2.68. The van der Waals surface area contributed by atoms with Crippen LogP contribution in [0.15, 0.2) is 12.1 Å². The summed E-state index contributed by atoms with van der Waals surface area (Å²) in [4.78, 5) is 72.3. The number of nitrogens with two attached hydrogens (primary N) is 1. The van der Waals surface area contributed by atoms with E-state index in [1.165, 1.54) is 5.32 Å². The van der Waals surface area contributed by atoms with Crippen molar-refractivity contribution in [3.05, 3.63) is 29.3 Å². The molecule has 1 fully saturated rings. The van der Waals surface area contributed by atoms with E-state index in [9.17, 15) is 50.7 Å². The summed E-state index contributed by atoms with van der Waals surface area (Å²) in [5.41, 5.74) is -0.771. The lowest BCUT2D eigenvalue weighted by molar-refractivity contribution is -0.203. The topological polar surface area (TPSA) is 217 Å². The van der Waals surface area contributed by atoms with E-state index in [0.29, 0.717) is 12.1 Å². The van der Waals surface area contributed by atoms with E-state index in [0.717, 1.165) is 11.8 Å². The van der Waals surface area contributed by atoms with Gasteiger partial charge in [-0.3, -0.25) is 24.0 Å². The molecule has 19 heteroatoms. The summed E-state index contributed by atoms with van der Waals surface area (Å²) in [5, 5.41) is 24.4. The molecule has 43 heavy (non-hydrogen) atoms. The number of fused-ring (bicyclic) bond motifs is 1. The van der Waals surface area contributed by atoms with Gasteiger partial charge < -0.3 is 37.2 Å². The van der Waals surface area contributed by atoms with Crippen LogP contribution in [0.3, 0.4) is 0 Å². The van der Waals surface area contributed by atoms with E-state index in [1.54, 1.807) is 0 Å². The molecule has 0 aromatic heterocycles. The van der Waals surface area contributed by atoms with E-state index in [1.807, 2.05) is 10.6 Å². The Morgan fingerprint density at radius 3 is 2.37 bits per heavy atom. The van der Waals surface area contributed by atoms with Crippen LogP contribution >= 0.6 is 11.8 Å². The third-order valence-electron chi connectivity index (χ3n) is 6.90. The van der Waals surface area contributed by atoms with Gasteiger partial charge in [0.2, 0.25) is 17.4 Å². The predicted octanol–water partition coefficient (Wildman–Crippen LogP) is 0.816. The normalized spacial score (nSPS) is 22.5. The maximum absolute atomic E-state index is 14.8. The molecule has 1 heterocycles. The number of carbonyl (C=O) groups is 6. The molecule has 1 aliphatic heterocycles. The molecular weight excluding hydrogens is 613 g/mol. The molecule has 4 amide bonds. The molecule has 3 rings (SSSR count). The van der Waals surface area contributed by atoms with Gasteiger partial charge in [-0.2, -0.15) is 24.9 Å². The van der Waals surface area contributed by atoms with E-state index in [4.69, 9.17) is 15.9 Å². The number of carboxylic acid groups (broad SMARTS) is 2. The first-order valence-corrected chi connectivity index (χ1v) is 13.6. The molecule has 13 nitrogen and oxygen atoms in total. The van der Waals surface area contributed by atoms with Gasteiger partial charge in [-0.1, -0.05) is 0 Å². The Kier molecular flexibility index (Phi) is 10.2. The Hall–Kier alpha value is -4.00. The van der Waals surface area contributed by atoms with Crippen LogP contribution in [0.5, 0.6) is 0 Å². The molecule has 2 aliphatic rings. The Labute approximate surface area is 243 Å². The van der Waals surface area contributed by atoms with E-state index >= 15 is 0 Å². The highest BCUT2D eigenvalue weighted by atomic mass is 32.2. The number of carbonyl (C=O) groups excluding carboxylic acids is 4. The average Bonchev–Trinajstić information content (AvgIpc) is 2.89. The summed E-state index contributed by atoms with van der Waals surface area (Å²) in [6.07, 6.45) is -6.37. The molecule has 1 aromatic carbocycles. The Morgan fingerprint density at radius 1 is 1.14 bits per heavy atom. The van der Waals surface area contributed by atoms with Gasteiger partial charge in [-0.05, 0) is 31.4 Å².